The number of alkyl halides is 2. The Morgan fingerprint density at radius 1 is 1.18 bits per heavy atom. The minimum absolute atomic E-state index is 0.0117. The van der Waals surface area contributed by atoms with Gasteiger partial charge in [-0.25, -0.2) is 27.2 Å². The first-order chi connectivity index (χ1) is 15.6. The van der Waals surface area contributed by atoms with Crippen LogP contribution in [0.1, 0.15) is 54.8 Å². The topological polar surface area (TPSA) is 94.0 Å². The van der Waals surface area contributed by atoms with Gasteiger partial charge in [0, 0.05) is 18.2 Å². The van der Waals surface area contributed by atoms with Crippen LogP contribution in [0.3, 0.4) is 0 Å². The van der Waals surface area contributed by atoms with Crippen molar-refractivity contribution in [2.45, 2.75) is 38.2 Å². The highest BCUT2D eigenvalue weighted by Gasteiger charge is 2.28. The second kappa shape index (κ2) is 8.98. The van der Waals surface area contributed by atoms with E-state index in [-0.39, 0.29) is 33.6 Å². The molecular weight excluding hydrogens is 474 g/mol. The maximum atomic E-state index is 13.3. The van der Waals surface area contributed by atoms with Crippen molar-refractivity contribution in [2.24, 2.45) is 7.05 Å². The molecule has 176 valence electrons. The van der Waals surface area contributed by atoms with Crippen LogP contribution in [0.2, 0.25) is 5.02 Å². The van der Waals surface area contributed by atoms with Crippen molar-refractivity contribution >= 4 is 38.3 Å². The van der Waals surface area contributed by atoms with Crippen LogP contribution < -0.4 is 10.9 Å². The Bertz CT molecular complexity index is 1360. The number of aromatic nitrogens is 3. The molecule has 0 saturated carbocycles. The van der Waals surface area contributed by atoms with Crippen molar-refractivity contribution in [3.8, 4) is 0 Å². The first-order valence-corrected chi connectivity index (χ1v) is 12.7. The van der Waals surface area contributed by atoms with E-state index >= 15 is 0 Å². The van der Waals surface area contributed by atoms with Crippen LogP contribution in [0.4, 0.5) is 14.6 Å². The lowest BCUT2D eigenvalue weighted by Crippen LogP contribution is -2.29. The number of sulfone groups is 1. The summed E-state index contributed by atoms with van der Waals surface area (Å²) in [5, 5.41) is 3.77. The highest BCUT2D eigenvalue weighted by molar-refractivity contribution is 7.91. The monoisotopic (exact) mass is 496 g/mol. The molecule has 7 nitrogen and oxygen atoms in total. The molecule has 1 saturated heterocycles. The second-order valence-corrected chi connectivity index (χ2v) is 10.9. The Morgan fingerprint density at radius 2 is 1.85 bits per heavy atom. The van der Waals surface area contributed by atoms with Crippen molar-refractivity contribution in [1.82, 2.24) is 14.5 Å². The van der Waals surface area contributed by atoms with Crippen molar-refractivity contribution in [3.63, 3.8) is 0 Å². The van der Waals surface area contributed by atoms with Gasteiger partial charge >= 0.3 is 0 Å². The quantitative estimate of drug-likeness (QED) is 0.563. The number of hydrogen-bond donors (Lipinski definition) is 1. The zero-order valence-corrected chi connectivity index (χ0v) is 19.6. The normalized spacial score (nSPS) is 17.4. The highest BCUT2D eigenvalue weighted by Crippen LogP contribution is 2.35. The van der Waals surface area contributed by atoms with Gasteiger partial charge in [0.1, 0.15) is 27.6 Å². The summed E-state index contributed by atoms with van der Waals surface area (Å²) in [5.41, 5.74) is 0.945. The molecule has 0 radical (unpaired) electrons. The zero-order valence-electron chi connectivity index (χ0n) is 18.1. The van der Waals surface area contributed by atoms with Gasteiger partial charge in [0.15, 0.2) is 0 Å². The predicted octanol–water partition coefficient (Wildman–Crippen LogP) is 4.38. The molecule has 1 aromatic carbocycles. The SMILES string of the molecule is C[C@@H](Nc1ncnc2c1cc(C1CCS(=O)(=O)CC1)c(=O)n2C)c1cccc(C(F)F)c1Cl. The van der Waals surface area contributed by atoms with Crippen LogP contribution in [0.5, 0.6) is 0 Å². The van der Waals surface area contributed by atoms with Crippen LogP contribution in [-0.4, -0.2) is 34.5 Å². The maximum absolute atomic E-state index is 13.3. The number of hydrogen-bond acceptors (Lipinski definition) is 6. The number of halogens is 3. The van der Waals surface area contributed by atoms with E-state index in [2.05, 4.69) is 15.3 Å². The number of pyridine rings is 1. The van der Waals surface area contributed by atoms with E-state index in [1.165, 1.54) is 23.0 Å². The highest BCUT2D eigenvalue weighted by atomic mass is 35.5. The largest absolute Gasteiger partial charge is 0.363 e. The van der Waals surface area contributed by atoms with Gasteiger partial charge in [0.05, 0.1) is 28.0 Å². The summed E-state index contributed by atoms with van der Waals surface area (Å²) in [5.74, 6) is 0.335. The lowest BCUT2D eigenvalue weighted by molar-refractivity contribution is 0.151. The molecule has 0 aliphatic carbocycles. The van der Waals surface area contributed by atoms with E-state index in [0.717, 1.165) is 0 Å². The maximum Gasteiger partial charge on any atom is 0.265 e. The van der Waals surface area contributed by atoms with Crippen LogP contribution in [0, 0.1) is 0 Å². The summed E-state index contributed by atoms with van der Waals surface area (Å²) in [6, 6.07) is 5.73. The number of nitrogens with zero attached hydrogens (tertiary/aromatic N) is 3. The molecule has 0 bridgehead atoms. The van der Waals surface area contributed by atoms with Gasteiger partial charge in [-0.15, -0.1) is 0 Å². The smallest absolute Gasteiger partial charge is 0.265 e. The molecule has 4 rings (SSSR count). The summed E-state index contributed by atoms with van der Waals surface area (Å²) in [4.78, 5) is 21.5. The molecule has 3 heterocycles. The van der Waals surface area contributed by atoms with E-state index < -0.39 is 22.3 Å². The Labute approximate surface area is 194 Å². The molecule has 1 fully saturated rings. The Kier molecular flexibility index (Phi) is 6.41. The lowest BCUT2D eigenvalue weighted by Gasteiger charge is -2.23. The molecule has 11 heteroatoms. The third-order valence-corrected chi connectivity index (χ3v) is 8.29. The first kappa shape index (κ1) is 23.6. The molecule has 2 aromatic heterocycles. The van der Waals surface area contributed by atoms with Gasteiger partial charge in [0.25, 0.3) is 12.0 Å². The fraction of sp³-hybridized carbons (Fsp3) is 0.409. The molecule has 0 amide bonds. The van der Waals surface area contributed by atoms with Gasteiger partial charge in [-0.3, -0.25) is 9.36 Å². The summed E-state index contributed by atoms with van der Waals surface area (Å²) >= 11 is 6.23. The zero-order chi connectivity index (χ0) is 23.9. The molecule has 0 spiro atoms. The average molecular weight is 497 g/mol. The van der Waals surface area contributed by atoms with E-state index in [1.54, 1.807) is 26.1 Å². The Balaban J connectivity index is 1.74. The molecule has 33 heavy (non-hydrogen) atoms. The predicted molar refractivity (Wildman–Crippen MR) is 124 cm³/mol. The third-order valence-electron chi connectivity index (χ3n) is 6.14. The Hall–Kier alpha value is -2.59. The fourth-order valence-corrected chi connectivity index (χ4v) is 6.12. The van der Waals surface area contributed by atoms with Crippen molar-refractivity contribution in [2.75, 3.05) is 16.8 Å². The fourth-order valence-electron chi connectivity index (χ4n) is 4.26. The Morgan fingerprint density at radius 3 is 2.52 bits per heavy atom. The molecular formula is C22H23ClF2N4O3S. The second-order valence-electron chi connectivity index (χ2n) is 8.27. The molecule has 1 aliphatic heterocycles. The van der Waals surface area contributed by atoms with Crippen molar-refractivity contribution in [1.29, 1.82) is 0 Å². The number of benzene rings is 1. The van der Waals surface area contributed by atoms with Crippen LogP contribution in [0.25, 0.3) is 11.0 Å². The summed E-state index contributed by atoms with van der Waals surface area (Å²) in [6.07, 6.45) is -0.611. The van der Waals surface area contributed by atoms with E-state index in [4.69, 9.17) is 11.6 Å². The summed E-state index contributed by atoms with van der Waals surface area (Å²) in [6.45, 7) is 1.78. The van der Waals surface area contributed by atoms with Gasteiger partial charge in [-0.1, -0.05) is 29.8 Å². The number of nitrogens with one attached hydrogen (secondary N) is 1. The lowest BCUT2D eigenvalue weighted by atomic mass is 9.94. The van der Waals surface area contributed by atoms with Gasteiger partial charge in [-0.05, 0) is 37.3 Å². The molecule has 0 unspecified atom stereocenters. The number of anilines is 1. The van der Waals surface area contributed by atoms with Crippen LogP contribution in [0.15, 0.2) is 35.4 Å². The van der Waals surface area contributed by atoms with Crippen LogP contribution >= 0.6 is 11.6 Å². The van der Waals surface area contributed by atoms with E-state index in [9.17, 15) is 22.0 Å². The van der Waals surface area contributed by atoms with E-state index in [0.29, 0.717) is 40.8 Å². The molecule has 1 atom stereocenters. The average Bonchev–Trinajstić information content (AvgIpc) is 2.76. The molecule has 3 aromatic rings. The number of rotatable bonds is 5. The van der Waals surface area contributed by atoms with E-state index in [1.807, 2.05) is 0 Å². The van der Waals surface area contributed by atoms with Crippen molar-refractivity contribution in [3.05, 3.63) is 62.7 Å². The summed E-state index contributed by atoms with van der Waals surface area (Å²) in [7, 11) is -1.46. The summed E-state index contributed by atoms with van der Waals surface area (Å²) < 4.78 is 51.6. The van der Waals surface area contributed by atoms with Gasteiger partial charge < -0.3 is 5.32 Å². The number of fused-ring (bicyclic) bond motifs is 1. The standard InChI is InChI=1S/C22H23ClF2N4O3S/c1-12(14-4-3-5-15(18(14)23)19(24)25)28-20-17-10-16(13-6-8-33(31,32)9-7-13)22(30)29(2)21(17)27-11-26-20/h3-5,10-13,19H,6-9H2,1-2H3,(H,26,27,28)/t12-/m1/s1. The van der Waals surface area contributed by atoms with Crippen LogP contribution in [-0.2, 0) is 16.9 Å². The van der Waals surface area contributed by atoms with Crippen molar-refractivity contribution < 1.29 is 17.2 Å². The van der Waals surface area contributed by atoms with Gasteiger partial charge in [-0.2, -0.15) is 0 Å². The number of aryl methyl sites for hydroxylation is 1. The molecule has 1 aliphatic rings. The molecule has 1 N–H and O–H groups in total. The minimum atomic E-state index is -3.07. The first-order valence-electron chi connectivity index (χ1n) is 10.5. The minimum Gasteiger partial charge on any atom is -0.363 e. The van der Waals surface area contributed by atoms with Gasteiger partial charge in [0.2, 0.25) is 0 Å². The third kappa shape index (κ3) is 4.59.